The molecule has 1 aliphatic carbocycles. The third-order valence-electron chi connectivity index (χ3n) is 2.96. The molecule has 0 radical (unpaired) electrons. The van der Waals surface area contributed by atoms with Gasteiger partial charge < -0.3 is 5.73 Å². The van der Waals surface area contributed by atoms with E-state index in [0.29, 0.717) is 18.4 Å². The Hall–Kier alpha value is -1.10. The van der Waals surface area contributed by atoms with Crippen molar-refractivity contribution in [3.05, 3.63) is 35.1 Å². The summed E-state index contributed by atoms with van der Waals surface area (Å²) in [7, 11) is 0. The molecule has 0 bridgehead atoms. The van der Waals surface area contributed by atoms with Gasteiger partial charge in [-0.2, -0.15) is 13.2 Å². The molecule has 1 aromatic carbocycles. The van der Waals surface area contributed by atoms with E-state index in [-0.39, 0.29) is 5.56 Å². The molecule has 1 fully saturated rings. The molecule has 2 rings (SSSR count). The predicted molar refractivity (Wildman–Crippen MR) is 55.7 cm³/mol. The fourth-order valence-corrected chi connectivity index (χ4v) is 1.84. The standard InChI is InChI=1S/C12H13F4N/c13-10-5-8(11(17)3-7-1-2-7)4-9(6-10)12(14,15)16/h4-7,11H,1-3,17H2/t11-/m0/s1. The van der Waals surface area contributed by atoms with Crippen molar-refractivity contribution in [2.75, 3.05) is 0 Å². The maximum atomic E-state index is 13.1. The zero-order valence-electron chi connectivity index (χ0n) is 9.10. The maximum absolute atomic E-state index is 13.1. The molecule has 17 heavy (non-hydrogen) atoms. The summed E-state index contributed by atoms with van der Waals surface area (Å²) in [6.45, 7) is 0. The summed E-state index contributed by atoms with van der Waals surface area (Å²) in [5.74, 6) is -0.399. The van der Waals surface area contributed by atoms with E-state index in [9.17, 15) is 17.6 Å². The second kappa shape index (κ2) is 4.29. The fraction of sp³-hybridized carbons (Fsp3) is 0.500. The van der Waals surface area contributed by atoms with Crippen molar-refractivity contribution in [1.29, 1.82) is 0 Å². The minimum absolute atomic E-state index is 0.226. The zero-order valence-corrected chi connectivity index (χ0v) is 9.10. The average molecular weight is 247 g/mol. The van der Waals surface area contributed by atoms with Gasteiger partial charge in [0.15, 0.2) is 0 Å². The van der Waals surface area contributed by atoms with Crippen LogP contribution in [0.5, 0.6) is 0 Å². The molecule has 1 saturated carbocycles. The van der Waals surface area contributed by atoms with Gasteiger partial charge in [-0.15, -0.1) is 0 Å². The van der Waals surface area contributed by atoms with Crippen molar-refractivity contribution in [2.45, 2.75) is 31.5 Å². The molecule has 1 aliphatic rings. The number of nitrogens with two attached hydrogens (primary N) is 1. The Balaban J connectivity index is 2.23. The van der Waals surface area contributed by atoms with Crippen molar-refractivity contribution in [3.63, 3.8) is 0 Å². The molecule has 2 N–H and O–H groups in total. The predicted octanol–water partition coefficient (Wildman–Crippen LogP) is 3.64. The Morgan fingerprint density at radius 1 is 1.24 bits per heavy atom. The zero-order chi connectivity index (χ0) is 12.6. The number of benzene rings is 1. The van der Waals surface area contributed by atoms with E-state index in [1.54, 1.807) is 0 Å². The number of alkyl halides is 3. The second-order valence-corrected chi connectivity index (χ2v) is 4.56. The highest BCUT2D eigenvalue weighted by Crippen LogP contribution is 2.38. The molecule has 1 aromatic rings. The molecule has 0 heterocycles. The van der Waals surface area contributed by atoms with Gasteiger partial charge in [-0.1, -0.05) is 12.8 Å². The summed E-state index contributed by atoms with van der Waals surface area (Å²) < 4.78 is 50.6. The first-order valence-electron chi connectivity index (χ1n) is 5.49. The van der Waals surface area contributed by atoms with Crippen LogP contribution in [0.15, 0.2) is 18.2 Å². The first kappa shape index (κ1) is 12.4. The van der Waals surface area contributed by atoms with Gasteiger partial charge in [0.1, 0.15) is 5.82 Å². The van der Waals surface area contributed by atoms with E-state index in [1.165, 1.54) is 0 Å². The monoisotopic (exact) mass is 247 g/mol. The van der Waals surface area contributed by atoms with Crippen LogP contribution < -0.4 is 5.73 Å². The summed E-state index contributed by atoms with van der Waals surface area (Å²) in [5, 5.41) is 0. The molecule has 1 nitrogen and oxygen atoms in total. The molecule has 0 unspecified atom stereocenters. The lowest BCUT2D eigenvalue weighted by Gasteiger charge is -2.14. The summed E-state index contributed by atoms with van der Waals surface area (Å²) in [6, 6.07) is 2.01. The first-order valence-corrected chi connectivity index (χ1v) is 5.49. The first-order chi connectivity index (χ1) is 7.86. The Kier molecular flexibility index (Phi) is 3.12. The molecule has 0 aliphatic heterocycles. The molecular formula is C12H13F4N. The number of halogens is 4. The van der Waals surface area contributed by atoms with E-state index >= 15 is 0 Å². The van der Waals surface area contributed by atoms with Gasteiger partial charge in [0.2, 0.25) is 0 Å². The van der Waals surface area contributed by atoms with Crippen molar-refractivity contribution in [1.82, 2.24) is 0 Å². The highest BCUT2D eigenvalue weighted by Gasteiger charge is 2.32. The van der Waals surface area contributed by atoms with Crippen molar-refractivity contribution >= 4 is 0 Å². The molecular weight excluding hydrogens is 234 g/mol. The molecule has 1 atom stereocenters. The quantitative estimate of drug-likeness (QED) is 0.811. The van der Waals surface area contributed by atoms with Crippen LogP contribution in [0.4, 0.5) is 17.6 Å². The number of rotatable bonds is 3. The van der Waals surface area contributed by atoms with Gasteiger partial charge in [-0.3, -0.25) is 0 Å². The van der Waals surface area contributed by atoms with Crippen LogP contribution in [0.2, 0.25) is 0 Å². The summed E-state index contributed by atoms with van der Waals surface area (Å²) >= 11 is 0. The van der Waals surface area contributed by atoms with E-state index in [1.807, 2.05) is 0 Å². The third kappa shape index (κ3) is 3.19. The highest BCUT2D eigenvalue weighted by atomic mass is 19.4. The van der Waals surface area contributed by atoms with Gasteiger partial charge in [-0.05, 0) is 36.1 Å². The Labute approximate surface area is 96.6 Å². The lowest BCUT2D eigenvalue weighted by Crippen LogP contribution is -2.14. The van der Waals surface area contributed by atoms with Crippen LogP contribution in [0.3, 0.4) is 0 Å². The third-order valence-corrected chi connectivity index (χ3v) is 2.96. The van der Waals surface area contributed by atoms with E-state index in [4.69, 9.17) is 5.73 Å². The lowest BCUT2D eigenvalue weighted by molar-refractivity contribution is -0.137. The molecule has 94 valence electrons. The smallest absolute Gasteiger partial charge is 0.324 e. The summed E-state index contributed by atoms with van der Waals surface area (Å²) in [6.07, 6.45) is -1.78. The van der Waals surface area contributed by atoms with Gasteiger partial charge in [-0.25, -0.2) is 4.39 Å². The van der Waals surface area contributed by atoms with Crippen LogP contribution in [-0.2, 0) is 6.18 Å². The van der Waals surface area contributed by atoms with Gasteiger partial charge in [0.25, 0.3) is 0 Å². The van der Waals surface area contributed by atoms with Gasteiger partial charge in [0, 0.05) is 6.04 Å². The SMILES string of the molecule is N[C@@H](CC1CC1)c1cc(F)cc(C(F)(F)F)c1. The minimum Gasteiger partial charge on any atom is -0.324 e. The molecule has 0 saturated heterocycles. The van der Waals surface area contributed by atoms with Gasteiger partial charge >= 0.3 is 6.18 Å². The Bertz CT molecular complexity index is 409. The lowest BCUT2D eigenvalue weighted by atomic mass is 9.99. The Morgan fingerprint density at radius 3 is 2.41 bits per heavy atom. The maximum Gasteiger partial charge on any atom is 0.416 e. The normalized spacial score (nSPS) is 18.2. The number of hydrogen-bond acceptors (Lipinski definition) is 1. The van der Waals surface area contributed by atoms with Crippen LogP contribution in [0.1, 0.15) is 36.4 Å². The van der Waals surface area contributed by atoms with Crippen LogP contribution in [-0.4, -0.2) is 0 Å². The van der Waals surface area contributed by atoms with Crippen LogP contribution in [0.25, 0.3) is 0 Å². The Morgan fingerprint density at radius 2 is 1.88 bits per heavy atom. The topological polar surface area (TPSA) is 26.0 Å². The van der Waals surface area contributed by atoms with E-state index < -0.39 is 23.6 Å². The molecule has 0 spiro atoms. The van der Waals surface area contributed by atoms with Crippen LogP contribution >= 0.6 is 0 Å². The van der Waals surface area contributed by atoms with Crippen molar-refractivity contribution in [3.8, 4) is 0 Å². The molecule has 5 heteroatoms. The van der Waals surface area contributed by atoms with Gasteiger partial charge in [0.05, 0.1) is 5.56 Å². The largest absolute Gasteiger partial charge is 0.416 e. The average Bonchev–Trinajstić information content (AvgIpc) is 2.99. The summed E-state index contributed by atoms with van der Waals surface area (Å²) in [5.41, 5.74) is 5.04. The van der Waals surface area contributed by atoms with E-state index in [2.05, 4.69) is 0 Å². The highest BCUT2D eigenvalue weighted by molar-refractivity contribution is 5.29. The summed E-state index contributed by atoms with van der Waals surface area (Å²) in [4.78, 5) is 0. The van der Waals surface area contributed by atoms with Crippen molar-refractivity contribution in [2.24, 2.45) is 11.7 Å². The minimum atomic E-state index is -4.53. The second-order valence-electron chi connectivity index (χ2n) is 4.56. The fourth-order valence-electron chi connectivity index (χ4n) is 1.84. The van der Waals surface area contributed by atoms with E-state index in [0.717, 1.165) is 25.0 Å². The molecule has 0 amide bonds. The van der Waals surface area contributed by atoms with Crippen molar-refractivity contribution < 1.29 is 17.6 Å². The van der Waals surface area contributed by atoms with Crippen LogP contribution in [0, 0.1) is 11.7 Å². The number of hydrogen-bond donors (Lipinski definition) is 1. The molecule has 0 aromatic heterocycles.